The third-order valence-corrected chi connectivity index (χ3v) is 4.25. The van der Waals surface area contributed by atoms with Gasteiger partial charge in [-0.25, -0.2) is 0 Å². The zero-order valence-corrected chi connectivity index (χ0v) is 13.5. The Morgan fingerprint density at radius 2 is 1.96 bits per heavy atom. The molecule has 2 aromatic rings. The average molecular weight is 332 g/mol. The molecule has 0 bridgehead atoms. The number of halogens is 1. The first-order chi connectivity index (χ1) is 11.0. The highest BCUT2D eigenvalue weighted by Gasteiger charge is 2.30. The summed E-state index contributed by atoms with van der Waals surface area (Å²) in [6, 6.07) is 14.1. The topological polar surface area (TPSA) is 58.6 Å². The first-order valence-electron chi connectivity index (χ1n) is 7.53. The smallest absolute Gasteiger partial charge is 0.261 e. The molecule has 120 valence electrons. The second-order valence-electron chi connectivity index (χ2n) is 5.71. The Bertz CT molecular complexity index is 677. The third-order valence-electron chi connectivity index (χ3n) is 3.99. The van der Waals surface area contributed by atoms with Gasteiger partial charge < -0.3 is 15.2 Å². The normalized spacial score (nSPS) is 18.7. The molecule has 1 amide bonds. The summed E-state index contributed by atoms with van der Waals surface area (Å²) in [6.45, 7) is 1.76. The molecule has 2 N–H and O–H groups in total. The van der Waals surface area contributed by atoms with Gasteiger partial charge in [0.2, 0.25) is 0 Å². The molecule has 0 radical (unpaired) electrons. The Balaban J connectivity index is 1.61. The highest BCUT2D eigenvalue weighted by molar-refractivity contribution is 6.30. The molecule has 4 nitrogen and oxygen atoms in total. The standard InChI is InChI=1S/C18H18ClNO3/c1-11(17(21)12-6-8-14(19)9-7-12)20-18(22)16-10-13-4-2-3-5-15(13)23-16/h2-9,11,16-17,21H,10H2,1H3,(H,20,22). The second-order valence-corrected chi connectivity index (χ2v) is 6.15. The lowest BCUT2D eigenvalue weighted by Crippen LogP contribution is -2.44. The zero-order chi connectivity index (χ0) is 16.4. The molecule has 0 spiro atoms. The van der Waals surface area contributed by atoms with Gasteiger partial charge in [-0.1, -0.05) is 41.9 Å². The van der Waals surface area contributed by atoms with Gasteiger partial charge in [-0.2, -0.15) is 0 Å². The Hall–Kier alpha value is -2.04. The number of aliphatic hydroxyl groups excluding tert-OH is 1. The highest BCUT2D eigenvalue weighted by atomic mass is 35.5. The van der Waals surface area contributed by atoms with Crippen molar-refractivity contribution in [1.82, 2.24) is 5.32 Å². The number of carbonyl (C=O) groups excluding carboxylic acids is 1. The number of amides is 1. The number of benzene rings is 2. The lowest BCUT2D eigenvalue weighted by Gasteiger charge is -2.22. The van der Waals surface area contributed by atoms with Gasteiger partial charge in [0, 0.05) is 11.4 Å². The van der Waals surface area contributed by atoms with Crippen molar-refractivity contribution in [3.05, 3.63) is 64.7 Å². The van der Waals surface area contributed by atoms with Gasteiger partial charge in [0.25, 0.3) is 5.91 Å². The van der Waals surface area contributed by atoms with Crippen LogP contribution in [0.25, 0.3) is 0 Å². The number of hydrogen-bond donors (Lipinski definition) is 2. The third kappa shape index (κ3) is 3.49. The monoisotopic (exact) mass is 331 g/mol. The quantitative estimate of drug-likeness (QED) is 0.905. The van der Waals surface area contributed by atoms with E-state index in [9.17, 15) is 9.90 Å². The van der Waals surface area contributed by atoms with E-state index in [2.05, 4.69) is 5.32 Å². The van der Waals surface area contributed by atoms with E-state index in [1.807, 2.05) is 24.3 Å². The van der Waals surface area contributed by atoms with Crippen molar-refractivity contribution in [3.63, 3.8) is 0 Å². The van der Waals surface area contributed by atoms with Crippen LogP contribution in [-0.2, 0) is 11.2 Å². The number of rotatable bonds is 4. The van der Waals surface area contributed by atoms with E-state index in [1.165, 1.54) is 0 Å². The maximum absolute atomic E-state index is 12.3. The second kappa shape index (κ2) is 6.60. The van der Waals surface area contributed by atoms with Crippen LogP contribution in [0.1, 0.15) is 24.2 Å². The molecule has 1 aliphatic heterocycles. The lowest BCUT2D eigenvalue weighted by molar-refractivity contribution is -0.128. The van der Waals surface area contributed by atoms with E-state index < -0.39 is 18.2 Å². The van der Waals surface area contributed by atoms with E-state index in [4.69, 9.17) is 16.3 Å². The fourth-order valence-corrected chi connectivity index (χ4v) is 2.80. The van der Waals surface area contributed by atoms with Gasteiger partial charge in [-0.05, 0) is 36.2 Å². The van der Waals surface area contributed by atoms with Crippen molar-refractivity contribution < 1.29 is 14.6 Å². The highest BCUT2D eigenvalue weighted by Crippen LogP contribution is 2.28. The maximum atomic E-state index is 12.3. The molecule has 23 heavy (non-hydrogen) atoms. The van der Waals surface area contributed by atoms with E-state index in [0.717, 1.165) is 11.3 Å². The van der Waals surface area contributed by atoms with Gasteiger partial charge >= 0.3 is 0 Å². The predicted molar refractivity (Wildman–Crippen MR) is 88.6 cm³/mol. The van der Waals surface area contributed by atoms with Crippen LogP contribution in [0.5, 0.6) is 5.75 Å². The van der Waals surface area contributed by atoms with Crippen LogP contribution < -0.4 is 10.1 Å². The number of carbonyl (C=O) groups is 1. The summed E-state index contributed by atoms with van der Waals surface area (Å²) in [6.07, 6.45) is -0.807. The number of para-hydroxylation sites is 1. The molecule has 0 aromatic heterocycles. The van der Waals surface area contributed by atoms with Crippen molar-refractivity contribution in [1.29, 1.82) is 0 Å². The number of fused-ring (bicyclic) bond motifs is 1. The Morgan fingerprint density at radius 1 is 1.26 bits per heavy atom. The minimum absolute atomic E-state index is 0.221. The summed E-state index contributed by atoms with van der Waals surface area (Å²) in [5.74, 6) is 0.528. The maximum Gasteiger partial charge on any atom is 0.261 e. The Labute approximate surface area is 140 Å². The summed E-state index contributed by atoms with van der Waals surface area (Å²) >= 11 is 5.84. The molecule has 3 unspecified atom stereocenters. The number of aliphatic hydroxyl groups is 1. The molecule has 1 heterocycles. The Kier molecular flexibility index (Phi) is 4.55. The minimum atomic E-state index is -0.806. The van der Waals surface area contributed by atoms with Gasteiger partial charge in [-0.15, -0.1) is 0 Å². The van der Waals surface area contributed by atoms with Gasteiger partial charge in [0.05, 0.1) is 12.1 Å². The molecule has 0 saturated carbocycles. The summed E-state index contributed by atoms with van der Waals surface area (Å²) in [5.41, 5.74) is 1.73. The summed E-state index contributed by atoms with van der Waals surface area (Å²) in [7, 11) is 0. The van der Waals surface area contributed by atoms with Crippen LogP contribution in [0.2, 0.25) is 5.02 Å². The van der Waals surface area contributed by atoms with E-state index in [1.54, 1.807) is 31.2 Å². The number of ether oxygens (including phenoxy) is 1. The minimum Gasteiger partial charge on any atom is -0.480 e. The van der Waals surface area contributed by atoms with Crippen LogP contribution in [0, 0.1) is 0 Å². The molecule has 2 aromatic carbocycles. The van der Waals surface area contributed by atoms with Gasteiger partial charge in [0.1, 0.15) is 5.75 Å². The lowest BCUT2D eigenvalue weighted by atomic mass is 10.0. The van der Waals surface area contributed by atoms with Crippen molar-refractivity contribution >= 4 is 17.5 Å². The summed E-state index contributed by atoms with van der Waals surface area (Å²) in [4.78, 5) is 12.3. The van der Waals surface area contributed by atoms with Gasteiger partial charge in [-0.3, -0.25) is 4.79 Å². The predicted octanol–water partition coefficient (Wildman–Crippen LogP) is 2.88. The average Bonchev–Trinajstić information content (AvgIpc) is 2.99. The van der Waals surface area contributed by atoms with Crippen LogP contribution in [0.4, 0.5) is 0 Å². The molecular weight excluding hydrogens is 314 g/mol. The number of hydrogen-bond acceptors (Lipinski definition) is 3. The van der Waals surface area contributed by atoms with Crippen LogP contribution in [0.15, 0.2) is 48.5 Å². The van der Waals surface area contributed by atoms with E-state index in [-0.39, 0.29) is 5.91 Å². The van der Waals surface area contributed by atoms with Crippen LogP contribution in [0.3, 0.4) is 0 Å². The fourth-order valence-electron chi connectivity index (χ4n) is 2.67. The molecule has 0 fully saturated rings. The van der Waals surface area contributed by atoms with E-state index in [0.29, 0.717) is 17.0 Å². The van der Waals surface area contributed by atoms with Crippen molar-refractivity contribution in [3.8, 4) is 5.75 Å². The largest absolute Gasteiger partial charge is 0.480 e. The Morgan fingerprint density at radius 3 is 2.65 bits per heavy atom. The van der Waals surface area contributed by atoms with Crippen molar-refractivity contribution in [2.75, 3.05) is 0 Å². The fraction of sp³-hybridized carbons (Fsp3) is 0.278. The molecule has 5 heteroatoms. The molecule has 0 saturated heterocycles. The van der Waals surface area contributed by atoms with E-state index >= 15 is 0 Å². The summed E-state index contributed by atoms with van der Waals surface area (Å²) < 4.78 is 5.66. The molecule has 3 atom stereocenters. The van der Waals surface area contributed by atoms with Crippen LogP contribution in [-0.4, -0.2) is 23.2 Å². The van der Waals surface area contributed by atoms with Crippen LogP contribution >= 0.6 is 11.6 Å². The number of nitrogens with one attached hydrogen (secondary N) is 1. The summed E-state index contributed by atoms with van der Waals surface area (Å²) in [5, 5.41) is 13.8. The molecule has 0 aliphatic carbocycles. The zero-order valence-electron chi connectivity index (χ0n) is 12.7. The first-order valence-corrected chi connectivity index (χ1v) is 7.91. The SMILES string of the molecule is CC(NC(=O)C1Cc2ccccc2O1)C(O)c1ccc(Cl)cc1. The van der Waals surface area contributed by atoms with Gasteiger partial charge in [0.15, 0.2) is 6.10 Å². The molecule has 3 rings (SSSR count). The first kappa shape index (κ1) is 15.8. The van der Waals surface area contributed by atoms with Crippen molar-refractivity contribution in [2.45, 2.75) is 31.6 Å². The molecule has 1 aliphatic rings. The molecular formula is C18H18ClNO3. The van der Waals surface area contributed by atoms with Crippen molar-refractivity contribution in [2.24, 2.45) is 0 Å².